The summed E-state index contributed by atoms with van der Waals surface area (Å²) in [5, 5.41) is 13.6. The van der Waals surface area contributed by atoms with Gasteiger partial charge in [0, 0.05) is 5.56 Å². The van der Waals surface area contributed by atoms with Crippen molar-refractivity contribution in [1.29, 1.82) is 0 Å². The lowest BCUT2D eigenvalue weighted by atomic mass is 10.2. The molecule has 17 heavy (non-hydrogen) atoms. The molecule has 0 saturated heterocycles. The average molecular weight is 226 g/mol. The zero-order chi connectivity index (χ0) is 11.9. The molecule has 3 heteroatoms. The molecule has 2 rings (SSSR count). The fourth-order valence-electron chi connectivity index (χ4n) is 1.44. The molecule has 0 atom stereocenters. The molecule has 0 unspecified atom stereocenters. The summed E-state index contributed by atoms with van der Waals surface area (Å²) in [6.07, 6.45) is 1.61. The van der Waals surface area contributed by atoms with Crippen molar-refractivity contribution in [2.45, 2.75) is 6.54 Å². The minimum Gasteiger partial charge on any atom is -0.507 e. The molecule has 0 aliphatic heterocycles. The number of phenolic OH excluding ortho intramolecular Hbond substituents is 1. The Kier molecular flexibility index (Phi) is 3.76. The number of nitrogens with zero attached hydrogens (tertiary/aromatic N) is 1. The van der Waals surface area contributed by atoms with Crippen LogP contribution < -0.4 is 5.43 Å². The van der Waals surface area contributed by atoms with Crippen molar-refractivity contribution in [3.05, 3.63) is 65.7 Å². The van der Waals surface area contributed by atoms with Gasteiger partial charge in [0.15, 0.2) is 0 Å². The molecular weight excluding hydrogens is 212 g/mol. The molecule has 3 nitrogen and oxygen atoms in total. The third kappa shape index (κ3) is 3.34. The number of aromatic hydroxyl groups is 1. The summed E-state index contributed by atoms with van der Waals surface area (Å²) in [7, 11) is 0. The largest absolute Gasteiger partial charge is 0.507 e. The molecule has 86 valence electrons. The van der Waals surface area contributed by atoms with Crippen LogP contribution in [0, 0.1) is 0 Å². The van der Waals surface area contributed by atoms with Crippen molar-refractivity contribution < 1.29 is 5.11 Å². The summed E-state index contributed by atoms with van der Waals surface area (Å²) >= 11 is 0. The molecule has 2 N–H and O–H groups in total. The van der Waals surface area contributed by atoms with Crippen LogP contribution in [0.5, 0.6) is 5.75 Å². The lowest BCUT2D eigenvalue weighted by Crippen LogP contribution is -2.05. The molecule has 0 bridgehead atoms. The molecule has 2 aromatic rings. The van der Waals surface area contributed by atoms with Gasteiger partial charge in [0.2, 0.25) is 0 Å². The highest BCUT2D eigenvalue weighted by atomic mass is 16.3. The van der Waals surface area contributed by atoms with Crippen LogP contribution >= 0.6 is 0 Å². The van der Waals surface area contributed by atoms with Crippen LogP contribution in [0.2, 0.25) is 0 Å². The van der Waals surface area contributed by atoms with E-state index in [1.165, 1.54) is 5.56 Å². The Morgan fingerprint density at radius 1 is 1.00 bits per heavy atom. The van der Waals surface area contributed by atoms with Gasteiger partial charge in [-0.05, 0) is 17.7 Å². The number of hydrogen-bond acceptors (Lipinski definition) is 3. The number of para-hydroxylation sites is 1. The van der Waals surface area contributed by atoms with Crippen molar-refractivity contribution in [2.24, 2.45) is 5.10 Å². The number of phenols is 1. The van der Waals surface area contributed by atoms with Crippen LogP contribution in [0.25, 0.3) is 0 Å². The molecule has 0 radical (unpaired) electrons. The first-order valence-corrected chi connectivity index (χ1v) is 5.44. The molecule has 0 saturated carbocycles. The maximum absolute atomic E-state index is 9.51. The number of hydrazone groups is 1. The molecule has 0 aromatic heterocycles. The van der Waals surface area contributed by atoms with Gasteiger partial charge in [0.05, 0.1) is 12.8 Å². The standard InChI is InChI=1S/C14H14N2O/c17-14-9-5-4-8-13(14)11-16-15-10-12-6-2-1-3-7-12/h1-9,11,15,17H,10H2/b16-11+. The molecule has 0 aliphatic rings. The highest BCUT2D eigenvalue weighted by Gasteiger charge is 1.94. The third-order valence-corrected chi connectivity index (χ3v) is 2.36. The predicted molar refractivity (Wildman–Crippen MR) is 69.0 cm³/mol. The number of nitrogens with one attached hydrogen (secondary N) is 1. The van der Waals surface area contributed by atoms with Crippen molar-refractivity contribution in [3.63, 3.8) is 0 Å². The Hall–Kier alpha value is -2.29. The lowest BCUT2D eigenvalue weighted by Gasteiger charge is -2.00. The second-order valence-electron chi connectivity index (χ2n) is 3.64. The van der Waals surface area contributed by atoms with Gasteiger partial charge in [-0.15, -0.1) is 0 Å². The van der Waals surface area contributed by atoms with Crippen LogP contribution in [-0.4, -0.2) is 11.3 Å². The topological polar surface area (TPSA) is 44.6 Å². The summed E-state index contributed by atoms with van der Waals surface area (Å²) in [6, 6.07) is 17.1. The Morgan fingerprint density at radius 3 is 2.47 bits per heavy atom. The maximum Gasteiger partial charge on any atom is 0.124 e. The highest BCUT2D eigenvalue weighted by Crippen LogP contribution is 2.12. The van der Waals surface area contributed by atoms with Crippen LogP contribution in [0.1, 0.15) is 11.1 Å². The van der Waals surface area contributed by atoms with E-state index in [1.54, 1.807) is 18.3 Å². The molecule has 0 spiro atoms. The number of rotatable bonds is 4. The summed E-state index contributed by atoms with van der Waals surface area (Å²) in [4.78, 5) is 0. The highest BCUT2D eigenvalue weighted by molar-refractivity contribution is 5.82. The first kappa shape index (κ1) is 11.2. The summed E-state index contributed by atoms with van der Waals surface area (Å²) in [5.74, 6) is 0.234. The lowest BCUT2D eigenvalue weighted by molar-refractivity contribution is 0.474. The van der Waals surface area contributed by atoms with Gasteiger partial charge in [-0.2, -0.15) is 5.10 Å². The van der Waals surface area contributed by atoms with Crippen molar-refractivity contribution in [3.8, 4) is 5.75 Å². The predicted octanol–water partition coefficient (Wildman–Crippen LogP) is 2.52. The fourth-order valence-corrected chi connectivity index (χ4v) is 1.44. The van der Waals surface area contributed by atoms with Gasteiger partial charge < -0.3 is 10.5 Å². The van der Waals surface area contributed by atoms with Crippen LogP contribution in [-0.2, 0) is 6.54 Å². The van der Waals surface area contributed by atoms with E-state index in [1.807, 2.05) is 42.5 Å². The Bertz CT molecular complexity index is 495. The van der Waals surface area contributed by atoms with Crippen LogP contribution in [0.4, 0.5) is 0 Å². The monoisotopic (exact) mass is 226 g/mol. The summed E-state index contributed by atoms with van der Waals surface area (Å²) in [5.41, 5.74) is 4.81. The Labute approximate surface area is 100 Å². The van der Waals surface area contributed by atoms with Crippen molar-refractivity contribution in [2.75, 3.05) is 0 Å². The van der Waals surface area contributed by atoms with Gasteiger partial charge >= 0.3 is 0 Å². The molecule has 2 aromatic carbocycles. The molecule has 0 amide bonds. The zero-order valence-electron chi connectivity index (χ0n) is 9.38. The van der Waals surface area contributed by atoms with Crippen LogP contribution in [0.3, 0.4) is 0 Å². The Balaban J connectivity index is 1.89. The second kappa shape index (κ2) is 5.70. The smallest absolute Gasteiger partial charge is 0.124 e. The van der Waals surface area contributed by atoms with E-state index in [0.29, 0.717) is 12.1 Å². The number of benzene rings is 2. The van der Waals surface area contributed by atoms with E-state index in [4.69, 9.17) is 0 Å². The maximum atomic E-state index is 9.51. The van der Waals surface area contributed by atoms with Crippen LogP contribution in [0.15, 0.2) is 59.7 Å². The normalized spacial score (nSPS) is 10.6. The van der Waals surface area contributed by atoms with E-state index in [-0.39, 0.29) is 5.75 Å². The first-order chi connectivity index (χ1) is 8.36. The minimum absolute atomic E-state index is 0.234. The van der Waals surface area contributed by atoms with Gasteiger partial charge in [0.1, 0.15) is 5.75 Å². The molecular formula is C14H14N2O. The van der Waals surface area contributed by atoms with Gasteiger partial charge in [-0.3, -0.25) is 0 Å². The van der Waals surface area contributed by atoms with E-state index < -0.39 is 0 Å². The molecule has 0 heterocycles. The van der Waals surface area contributed by atoms with Gasteiger partial charge in [0.25, 0.3) is 0 Å². The average Bonchev–Trinajstić information content (AvgIpc) is 2.38. The Morgan fingerprint density at radius 2 is 1.71 bits per heavy atom. The van der Waals surface area contributed by atoms with E-state index in [0.717, 1.165) is 0 Å². The van der Waals surface area contributed by atoms with Gasteiger partial charge in [-0.25, -0.2) is 0 Å². The van der Waals surface area contributed by atoms with E-state index >= 15 is 0 Å². The second-order valence-corrected chi connectivity index (χ2v) is 3.64. The van der Waals surface area contributed by atoms with Crippen molar-refractivity contribution in [1.82, 2.24) is 5.43 Å². The summed E-state index contributed by atoms with van der Waals surface area (Å²) < 4.78 is 0. The van der Waals surface area contributed by atoms with E-state index in [9.17, 15) is 5.11 Å². The molecule has 0 fully saturated rings. The zero-order valence-corrected chi connectivity index (χ0v) is 9.38. The summed E-state index contributed by atoms with van der Waals surface area (Å²) in [6.45, 7) is 0.672. The van der Waals surface area contributed by atoms with Crippen molar-refractivity contribution >= 4 is 6.21 Å². The third-order valence-electron chi connectivity index (χ3n) is 2.36. The SMILES string of the molecule is Oc1ccccc1/C=N/NCc1ccccc1. The molecule has 0 aliphatic carbocycles. The van der Waals surface area contributed by atoms with Gasteiger partial charge in [-0.1, -0.05) is 42.5 Å². The van der Waals surface area contributed by atoms with E-state index in [2.05, 4.69) is 10.5 Å². The fraction of sp³-hybridized carbons (Fsp3) is 0.0714. The number of hydrogen-bond donors (Lipinski definition) is 2. The minimum atomic E-state index is 0.234. The first-order valence-electron chi connectivity index (χ1n) is 5.44. The quantitative estimate of drug-likeness (QED) is 0.621.